The summed E-state index contributed by atoms with van der Waals surface area (Å²) in [5, 5.41) is 14.2. The number of halogens is 1. The highest BCUT2D eigenvalue weighted by Crippen LogP contribution is 2.28. The molecule has 4 N–H and O–H groups in total. The van der Waals surface area contributed by atoms with E-state index in [1.807, 2.05) is 24.3 Å². The van der Waals surface area contributed by atoms with Gasteiger partial charge in [0.2, 0.25) is 0 Å². The molecule has 0 spiro atoms. The van der Waals surface area contributed by atoms with Gasteiger partial charge < -0.3 is 9.84 Å². The molecule has 1 fully saturated rings. The van der Waals surface area contributed by atoms with Crippen LogP contribution in [-0.2, 0) is 4.79 Å². The molecule has 0 saturated carbocycles. The first-order chi connectivity index (χ1) is 12.6. The normalized spacial score (nSPS) is 19.6. The van der Waals surface area contributed by atoms with E-state index in [0.717, 1.165) is 5.56 Å². The van der Waals surface area contributed by atoms with Gasteiger partial charge >= 0.3 is 0 Å². The van der Waals surface area contributed by atoms with Crippen molar-refractivity contribution >= 4 is 23.7 Å². The molecule has 1 aliphatic rings. The fourth-order valence-corrected chi connectivity index (χ4v) is 2.98. The molecule has 2 aromatic carbocycles. The van der Waals surface area contributed by atoms with Gasteiger partial charge in [-0.15, -0.1) is 0 Å². The third-order valence-electron chi connectivity index (χ3n) is 4.09. The van der Waals surface area contributed by atoms with Crippen LogP contribution in [-0.4, -0.2) is 30.4 Å². The summed E-state index contributed by atoms with van der Waals surface area (Å²) >= 11 is 6.20. The van der Waals surface area contributed by atoms with Crippen molar-refractivity contribution in [2.75, 3.05) is 7.11 Å². The van der Waals surface area contributed by atoms with Crippen molar-refractivity contribution < 1.29 is 14.6 Å². The molecule has 136 valence electrons. The predicted molar refractivity (Wildman–Crippen MR) is 99.3 cm³/mol. The maximum absolute atomic E-state index is 12.2. The SMILES string of the molecule is COc1cc(/C=N/NC(=O)C2CC(c3ccccc3Cl)NN2)ccc1O. The van der Waals surface area contributed by atoms with Gasteiger partial charge in [-0.05, 0) is 41.8 Å². The fraction of sp³-hybridized carbons (Fsp3) is 0.222. The van der Waals surface area contributed by atoms with Gasteiger partial charge in [-0.2, -0.15) is 5.10 Å². The average molecular weight is 375 g/mol. The summed E-state index contributed by atoms with van der Waals surface area (Å²) in [6, 6.07) is 11.8. The number of nitrogens with zero attached hydrogens (tertiary/aromatic N) is 1. The van der Waals surface area contributed by atoms with Crippen LogP contribution in [0, 0.1) is 0 Å². The summed E-state index contributed by atoms with van der Waals surface area (Å²) in [6.45, 7) is 0. The number of methoxy groups -OCH3 is 1. The van der Waals surface area contributed by atoms with Crippen LogP contribution in [0.2, 0.25) is 5.02 Å². The number of benzene rings is 2. The van der Waals surface area contributed by atoms with E-state index in [4.69, 9.17) is 16.3 Å². The van der Waals surface area contributed by atoms with Crippen LogP contribution in [0.15, 0.2) is 47.6 Å². The van der Waals surface area contributed by atoms with Crippen molar-refractivity contribution in [2.45, 2.75) is 18.5 Å². The van der Waals surface area contributed by atoms with Gasteiger partial charge in [0, 0.05) is 11.1 Å². The number of carbonyl (C=O) groups is 1. The molecule has 2 atom stereocenters. The molecule has 0 aromatic heterocycles. The molecular weight excluding hydrogens is 356 g/mol. The van der Waals surface area contributed by atoms with E-state index in [1.165, 1.54) is 19.4 Å². The van der Waals surface area contributed by atoms with E-state index in [1.54, 1.807) is 12.1 Å². The third-order valence-corrected chi connectivity index (χ3v) is 4.44. The van der Waals surface area contributed by atoms with Crippen molar-refractivity contribution in [1.29, 1.82) is 0 Å². The lowest BCUT2D eigenvalue weighted by Crippen LogP contribution is -2.41. The van der Waals surface area contributed by atoms with E-state index in [2.05, 4.69) is 21.4 Å². The Bertz CT molecular complexity index is 828. The van der Waals surface area contributed by atoms with Crippen molar-refractivity contribution in [3.05, 3.63) is 58.6 Å². The molecule has 1 amide bonds. The third kappa shape index (κ3) is 4.13. The standard InChI is InChI=1S/C18H19ClN4O3/c1-26-17-8-11(6-7-16(17)24)10-20-23-18(25)15-9-14(21-22-15)12-4-2-3-5-13(12)19/h2-8,10,14-15,21-22,24H,9H2,1H3,(H,23,25)/b20-10+. The van der Waals surface area contributed by atoms with E-state index in [0.29, 0.717) is 22.8 Å². The zero-order valence-corrected chi connectivity index (χ0v) is 14.8. The first-order valence-electron chi connectivity index (χ1n) is 8.04. The Hall–Kier alpha value is -2.61. The van der Waals surface area contributed by atoms with E-state index >= 15 is 0 Å². The Balaban J connectivity index is 1.57. The molecule has 1 saturated heterocycles. The minimum Gasteiger partial charge on any atom is -0.504 e. The minimum absolute atomic E-state index is 0.0422. The molecule has 8 heteroatoms. The molecule has 7 nitrogen and oxygen atoms in total. The van der Waals surface area contributed by atoms with Crippen LogP contribution in [0.25, 0.3) is 0 Å². The number of carbonyl (C=O) groups excluding carboxylic acids is 1. The monoisotopic (exact) mass is 374 g/mol. The van der Waals surface area contributed by atoms with Crippen molar-refractivity contribution in [3.8, 4) is 11.5 Å². The number of phenolic OH excluding ortho intramolecular Hbond substituents is 1. The molecule has 3 rings (SSSR count). The first kappa shape index (κ1) is 18.2. The second-order valence-electron chi connectivity index (χ2n) is 5.82. The van der Waals surface area contributed by atoms with Gasteiger partial charge in [0.25, 0.3) is 5.91 Å². The first-order valence-corrected chi connectivity index (χ1v) is 8.41. The number of phenols is 1. The lowest BCUT2D eigenvalue weighted by atomic mass is 10.0. The van der Waals surface area contributed by atoms with Crippen LogP contribution >= 0.6 is 11.6 Å². The summed E-state index contributed by atoms with van der Waals surface area (Å²) in [4.78, 5) is 12.2. The van der Waals surface area contributed by atoms with Gasteiger partial charge in [0.1, 0.15) is 6.04 Å². The van der Waals surface area contributed by atoms with Gasteiger partial charge in [-0.25, -0.2) is 16.3 Å². The zero-order valence-electron chi connectivity index (χ0n) is 14.1. The largest absolute Gasteiger partial charge is 0.504 e. The van der Waals surface area contributed by atoms with Crippen molar-refractivity contribution in [1.82, 2.24) is 16.3 Å². The number of aromatic hydroxyl groups is 1. The van der Waals surface area contributed by atoms with Crippen LogP contribution in [0.1, 0.15) is 23.6 Å². The Morgan fingerprint density at radius 1 is 1.35 bits per heavy atom. The number of rotatable bonds is 5. The fourth-order valence-electron chi connectivity index (χ4n) is 2.71. The number of hydrazine groups is 1. The summed E-state index contributed by atoms with van der Waals surface area (Å²) < 4.78 is 5.03. The smallest absolute Gasteiger partial charge is 0.258 e. The summed E-state index contributed by atoms with van der Waals surface area (Å²) in [5.74, 6) is 0.124. The van der Waals surface area contributed by atoms with E-state index < -0.39 is 6.04 Å². The number of nitrogens with one attached hydrogen (secondary N) is 3. The van der Waals surface area contributed by atoms with Crippen molar-refractivity contribution in [3.63, 3.8) is 0 Å². The maximum Gasteiger partial charge on any atom is 0.258 e. The second-order valence-corrected chi connectivity index (χ2v) is 6.22. The van der Waals surface area contributed by atoms with Crippen LogP contribution < -0.4 is 21.0 Å². The highest BCUT2D eigenvalue weighted by Gasteiger charge is 2.30. The lowest BCUT2D eigenvalue weighted by molar-refractivity contribution is -0.122. The van der Waals surface area contributed by atoms with E-state index in [9.17, 15) is 9.90 Å². The van der Waals surface area contributed by atoms with Crippen molar-refractivity contribution in [2.24, 2.45) is 5.10 Å². The number of hydrogen-bond donors (Lipinski definition) is 4. The van der Waals surface area contributed by atoms with E-state index in [-0.39, 0.29) is 17.7 Å². The Kier molecular flexibility index (Phi) is 5.72. The molecule has 1 aliphatic heterocycles. The van der Waals surface area contributed by atoms with Gasteiger partial charge in [-0.3, -0.25) is 4.79 Å². The lowest BCUT2D eigenvalue weighted by Gasteiger charge is -2.11. The number of hydrogen-bond acceptors (Lipinski definition) is 6. The highest BCUT2D eigenvalue weighted by molar-refractivity contribution is 6.31. The van der Waals surface area contributed by atoms with Crippen LogP contribution in [0.3, 0.4) is 0 Å². The Morgan fingerprint density at radius 2 is 2.15 bits per heavy atom. The quantitative estimate of drug-likeness (QED) is 0.475. The predicted octanol–water partition coefficient (Wildman–Crippen LogP) is 2.11. The summed E-state index contributed by atoms with van der Waals surface area (Å²) in [7, 11) is 1.46. The van der Waals surface area contributed by atoms with Crippen LogP contribution in [0.5, 0.6) is 11.5 Å². The second kappa shape index (κ2) is 8.18. The summed E-state index contributed by atoms with van der Waals surface area (Å²) in [5.41, 5.74) is 10.2. The van der Waals surface area contributed by atoms with Gasteiger partial charge in [0.05, 0.1) is 13.3 Å². The average Bonchev–Trinajstić information content (AvgIpc) is 3.13. The molecular formula is C18H19ClN4O3. The number of hydrazone groups is 1. The molecule has 2 unspecified atom stereocenters. The molecule has 1 heterocycles. The number of amides is 1. The minimum atomic E-state index is -0.428. The molecule has 0 bridgehead atoms. The topological polar surface area (TPSA) is 95.0 Å². The molecule has 0 radical (unpaired) electrons. The maximum atomic E-state index is 12.2. The van der Waals surface area contributed by atoms with Crippen LogP contribution in [0.4, 0.5) is 0 Å². The van der Waals surface area contributed by atoms with Gasteiger partial charge in [-0.1, -0.05) is 29.8 Å². The molecule has 2 aromatic rings. The highest BCUT2D eigenvalue weighted by atomic mass is 35.5. The zero-order chi connectivity index (χ0) is 18.5. The Labute approximate surface area is 156 Å². The van der Waals surface area contributed by atoms with Gasteiger partial charge in [0.15, 0.2) is 11.5 Å². The summed E-state index contributed by atoms with van der Waals surface area (Å²) in [6.07, 6.45) is 2.03. The molecule has 0 aliphatic carbocycles. The Morgan fingerprint density at radius 3 is 2.92 bits per heavy atom. The number of ether oxygens (including phenoxy) is 1. The molecule has 26 heavy (non-hydrogen) atoms.